The molecule has 0 saturated heterocycles. The van der Waals surface area contributed by atoms with Gasteiger partial charge < -0.3 is 11.1 Å². The summed E-state index contributed by atoms with van der Waals surface area (Å²) < 4.78 is 40.9. The van der Waals surface area contributed by atoms with Crippen molar-refractivity contribution in [1.29, 1.82) is 0 Å². The number of alkyl halides is 2. The molecule has 19 heavy (non-hydrogen) atoms. The number of hydrogen-bond acceptors (Lipinski definition) is 4. The van der Waals surface area contributed by atoms with Crippen molar-refractivity contribution in [1.82, 2.24) is 5.32 Å². The van der Waals surface area contributed by atoms with Gasteiger partial charge in [0, 0.05) is 11.4 Å². The van der Waals surface area contributed by atoms with Crippen LogP contribution in [0.1, 0.15) is 16.5 Å². The fraction of sp³-hybridized carbons (Fsp3) is 0.444. The minimum atomic E-state index is -3.46. The number of nitrogens with one attached hydrogen (secondary N) is 1. The van der Waals surface area contributed by atoms with Gasteiger partial charge in [0.15, 0.2) is 9.92 Å². The predicted octanol–water partition coefficient (Wildman–Crippen LogP) is 0.979. The van der Waals surface area contributed by atoms with Gasteiger partial charge in [-0.3, -0.25) is 0 Å². The van der Waals surface area contributed by atoms with Crippen molar-refractivity contribution in [2.45, 2.75) is 23.1 Å². The molecule has 1 aliphatic heterocycles. The van der Waals surface area contributed by atoms with Crippen LogP contribution in [0.3, 0.4) is 0 Å². The zero-order valence-corrected chi connectivity index (χ0v) is 11.3. The first-order valence-corrected chi connectivity index (χ1v) is 7.69. The van der Waals surface area contributed by atoms with E-state index in [1.807, 2.05) is 0 Å². The number of hydrogen-bond donors (Lipinski definition) is 3. The lowest BCUT2D eigenvalue weighted by Crippen LogP contribution is -2.33. The second-order valence-corrected chi connectivity index (χ2v) is 7.11. The van der Waals surface area contributed by atoms with Gasteiger partial charge in [0.25, 0.3) is 6.43 Å². The molecule has 0 fully saturated rings. The van der Waals surface area contributed by atoms with Gasteiger partial charge in [-0.15, -0.1) is 15.7 Å². The van der Waals surface area contributed by atoms with E-state index in [0.717, 1.165) is 11.3 Å². The number of rotatable bonds is 2. The number of nitrogens with zero attached hydrogens (tertiary/aromatic N) is 1. The molecule has 106 valence electrons. The van der Waals surface area contributed by atoms with E-state index in [0.29, 0.717) is 23.4 Å². The van der Waals surface area contributed by atoms with Crippen molar-refractivity contribution >= 4 is 27.3 Å². The second-order valence-electron chi connectivity index (χ2n) is 3.96. The van der Waals surface area contributed by atoms with E-state index >= 15 is 0 Å². The van der Waals surface area contributed by atoms with Crippen LogP contribution in [0.2, 0.25) is 0 Å². The number of thiophene rings is 1. The molecule has 1 aliphatic rings. The van der Waals surface area contributed by atoms with Crippen LogP contribution < -0.4 is 16.2 Å². The predicted molar refractivity (Wildman–Crippen MR) is 67.4 cm³/mol. The zero-order chi connectivity index (χ0) is 14.2. The minimum absolute atomic E-state index is 0.0886. The van der Waals surface area contributed by atoms with Gasteiger partial charge in [-0.1, -0.05) is 0 Å². The van der Waals surface area contributed by atoms with Gasteiger partial charge in [0.05, 0.1) is 6.04 Å². The van der Waals surface area contributed by atoms with Crippen molar-refractivity contribution < 1.29 is 17.8 Å². The summed E-state index contributed by atoms with van der Waals surface area (Å²) in [6.07, 6.45) is -2.04. The van der Waals surface area contributed by atoms with Crippen molar-refractivity contribution in [2.75, 3.05) is 6.54 Å². The second kappa shape index (κ2) is 5.12. The van der Waals surface area contributed by atoms with E-state index in [2.05, 4.69) is 9.68 Å². The molecule has 5 N–H and O–H groups in total. The molecule has 10 heteroatoms. The van der Waals surface area contributed by atoms with Crippen molar-refractivity contribution in [2.24, 2.45) is 15.2 Å². The Morgan fingerprint density at radius 3 is 2.89 bits per heavy atom. The Labute approximate surface area is 112 Å². The highest BCUT2D eigenvalue weighted by Gasteiger charge is 2.30. The number of urea groups is 1. The monoisotopic (exact) mass is 310 g/mol. The van der Waals surface area contributed by atoms with Gasteiger partial charge in [0.2, 0.25) is 0 Å². The highest BCUT2D eigenvalue weighted by Crippen LogP contribution is 2.35. The van der Waals surface area contributed by atoms with Crippen LogP contribution in [0.25, 0.3) is 0 Å². The summed E-state index contributed by atoms with van der Waals surface area (Å²) in [6.45, 7) is 0.403. The molecule has 0 radical (unpaired) electrons. The molecule has 1 unspecified atom stereocenters. The molecule has 2 heterocycles. The maximum Gasteiger partial charge on any atom is 0.347 e. The highest BCUT2D eigenvalue weighted by molar-refractivity contribution is 7.93. The van der Waals surface area contributed by atoms with E-state index in [4.69, 9.17) is 10.9 Å². The van der Waals surface area contributed by atoms with E-state index in [1.165, 1.54) is 6.07 Å². The summed E-state index contributed by atoms with van der Waals surface area (Å²) in [6, 6.07) is -0.947. The van der Waals surface area contributed by atoms with E-state index in [1.54, 1.807) is 0 Å². The topological polar surface area (TPSA) is 111 Å². The first-order chi connectivity index (χ1) is 8.81. The fourth-order valence-corrected chi connectivity index (χ4v) is 4.36. The summed E-state index contributed by atoms with van der Waals surface area (Å²) in [7, 11) is -3.46. The lowest BCUT2D eigenvalue weighted by atomic mass is 10.0. The standard InChI is InChI=1S/C9H12F2N4O2S2/c10-8(11)7-4-3-6(18-5(4)1-2-14-7)19(13,17)15-9(12)16/h3,7-8,14H,1-2H2,(H4,12,13,15,16,17)/t7-,19?/m1/s1. The number of carbonyl (C=O) groups is 1. The first kappa shape index (κ1) is 14.3. The molecule has 0 bridgehead atoms. The number of fused-ring (bicyclic) bond motifs is 1. The molecule has 1 aromatic rings. The van der Waals surface area contributed by atoms with Crippen LogP contribution in [0.15, 0.2) is 14.6 Å². The Kier molecular flexibility index (Phi) is 3.85. The lowest BCUT2D eigenvalue weighted by molar-refractivity contribution is 0.0958. The lowest BCUT2D eigenvalue weighted by Gasteiger charge is -2.23. The Balaban J connectivity index is 2.48. The number of nitrogens with two attached hydrogens (primary N) is 2. The maximum absolute atomic E-state index is 12.9. The molecule has 0 aliphatic carbocycles. The molecule has 0 spiro atoms. The summed E-state index contributed by atoms with van der Waals surface area (Å²) in [5, 5.41) is 8.12. The summed E-state index contributed by atoms with van der Waals surface area (Å²) in [5.41, 5.74) is 5.18. The molecule has 6 nitrogen and oxygen atoms in total. The number of amides is 2. The largest absolute Gasteiger partial charge is 0.349 e. The Morgan fingerprint density at radius 1 is 1.63 bits per heavy atom. The van der Waals surface area contributed by atoms with E-state index in [-0.39, 0.29) is 4.21 Å². The van der Waals surface area contributed by atoms with Crippen LogP contribution in [0.4, 0.5) is 13.6 Å². The van der Waals surface area contributed by atoms with Gasteiger partial charge in [-0.05, 0) is 18.1 Å². The average Bonchev–Trinajstić information content (AvgIpc) is 2.70. The molecule has 2 amide bonds. The third-order valence-electron chi connectivity index (χ3n) is 2.64. The molecular weight excluding hydrogens is 298 g/mol. The van der Waals surface area contributed by atoms with Crippen molar-refractivity contribution in [3.63, 3.8) is 0 Å². The summed E-state index contributed by atoms with van der Waals surface area (Å²) >= 11 is 1.03. The molecular formula is C9H12F2N4O2S2. The highest BCUT2D eigenvalue weighted by atomic mass is 32.2. The van der Waals surface area contributed by atoms with Gasteiger partial charge in [-0.2, -0.15) is 0 Å². The first-order valence-electron chi connectivity index (χ1n) is 5.30. The van der Waals surface area contributed by atoms with Gasteiger partial charge in [0.1, 0.15) is 4.21 Å². The number of primary amides is 1. The third-order valence-corrected chi connectivity index (χ3v) is 5.75. The fourth-order valence-electron chi connectivity index (χ4n) is 1.87. The molecule has 0 aromatic carbocycles. The average molecular weight is 310 g/mol. The minimum Gasteiger partial charge on any atom is -0.349 e. The smallest absolute Gasteiger partial charge is 0.347 e. The van der Waals surface area contributed by atoms with Crippen LogP contribution in [0.5, 0.6) is 0 Å². The molecule has 2 atom stereocenters. The molecule has 0 saturated carbocycles. The third kappa shape index (κ3) is 2.91. The Bertz CT molecular complexity index is 622. The van der Waals surface area contributed by atoms with Crippen LogP contribution in [-0.4, -0.2) is 23.2 Å². The van der Waals surface area contributed by atoms with Crippen molar-refractivity contribution in [3.05, 3.63) is 16.5 Å². The Morgan fingerprint density at radius 2 is 2.32 bits per heavy atom. The van der Waals surface area contributed by atoms with Crippen LogP contribution >= 0.6 is 11.3 Å². The van der Waals surface area contributed by atoms with E-state index in [9.17, 15) is 17.8 Å². The summed E-state index contributed by atoms with van der Waals surface area (Å²) in [5.74, 6) is 0. The zero-order valence-electron chi connectivity index (χ0n) is 9.64. The maximum atomic E-state index is 12.9. The van der Waals surface area contributed by atoms with Crippen LogP contribution in [0, 0.1) is 0 Å². The summed E-state index contributed by atoms with van der Waals surface area (Å²) in [4.78, 5) is 11.4. The molecule has 2 rings (SSSR count). The van der Waals surface area contributed by atoms with E-state index < -0.39 is 28.4 Å². The molecule has 1 aromatic heterocycles. The Hall–Kier alpha value is -1.10. The normalized spacial score (nSPS) is 21.8. The van der Waals surface area contributed by atoms with Gasteiger partial charge in [-0.25, -0.2) is 22.9 Å². The SMILES string of the molecule is NC(=O)N=S(N)(=O)c1cc2c(s1)CCN[C@H]2C(F)F. The number of halogens is 2. The van der Waals surface area contributed by atoms with Crippen molar-refractivity contribution in [3.8, 4) is 0 Å². The van der Waals surface area contributed by atoms with Crippen LogP contribution in [-0.2, 0) is 16.3 Å². The number of carbonyl (C=O) groups excluding carboxylic acids is 1. The van der Waals surface area contributed by atoms with Gasteiger partial charge >= 0.3 is 6.03 Å². The quantitative estimate of drug-likeness (QED) is 0.757.